The number of piperidine rings is 1. The van der Waals surface area contributed by atoms with Gasteiger partial charge in [-0.1, -0.05) is 12.1 Å². The molecule has 1 aliphatic rings. The number of nitrogens with zero attached hydrogens (tertiary/aromatic N) is 3. The molecule has 0 saturated carbocycles. The van der Waals surface area contributed by atoms with E-state index in [9.17, 15) is 4.79 Å². The minimum atomic E-state index is 0.0152. The number of carbonyl (C=O) groups excluding carboxylic acids is 1. The van der Waals surface area contributed by atoms with Gasteiger partial charge in [0.25, 0.3) is 0 Å². The number of ether oxygens (including phenoxy) is 1. The Kier molecular flexibility index (Phi) is 5.38. The topological polar surface area (TPSA) is 80.5 Å². The number of amides is 1. The fourth-order valence-electron chi connectivity index (χ4n) is 3.87. The average molecular weight is 394 g/mol. The molecule has 7 heteroatoms. The molecule has 1 N–H and O–H groups in total. The summed E-state index contributed by atoms with van der Waals surface area (Å²) in [5.41, 5.74) is 2.74. The lowest BCUT2D eigenvalue weighted by Gasteiger charge is -2.32. The Morgan fingerprint density at radius 1 is 1.28 bits per heavy atom. The molecule has 4 rings (SSSR count). The standard InChI is InChI=1S/C22H26N4O3/c1-14-15(2)29-22-19(14)20(24-13-25-22)26-9-7-17(8-10-26)21(27)23-12-16-5-4-6-18(11-16)28-3/h4-6,11,13,17H,7-10,12H2,1-3H3,(H,23,27). The Hall–Kier alpha value is -3.09. The van der Waals surface area contributed by atoms with Gasteiger partial charge in [0.1, 0.15) is 23.7 Å². The van der Waals surface area contributed by atoms with Crippen molar-refractivity contribution in [3.05, 3.63) is 47.5 Å². The summed E-state index contributed by atoms with van der Waals surface area (Å²) in [5, 5.41) is 4.04. The van der Waals surface area contributed by atoms with Crippen molar-refractivity contribution < 1.29 is 13.9 Å². The molecule has 1 amide bonds. The van der Waals surface area contributed by atoms with Crippen LogP contribution in [0.4, 0.5) is 5.82 Å². The fraction of sp³-hybridized carbons (Fsp3) is 0.409. The number of anilines is 1. The highest BCUT2D eigenvalue weighted by atomic mass is 16.5. The molecule has 152 valence electrons. The number of furan rings is 1. The summed E-state index contributed by atoms with van der Waals surface area (Å²) in [6, 6.07) is 7.76. The molecule has 0 unspecified atom stereocenters. The highest BCUT2D eigenvalue weighted by Crippen LogP contribution is 2.32. The van der Waals surface area contributed by atoms with Gasteiger partial charge in [-0.25, -0.2) is 9.97 Å². The van der Waals surface area contributed by atoms with Crippen LogP contribution in [0.5, 0.6) is 5.75 Å². The van der Waals surface area contributed by atoms with Crippen molar-refractivity contribution in [2.24, 2.45) is 5.92 Å². The number of aryl methyl sites for hydroxylation is 2. The van der Waals surface area contributed by atoms with Gasteiger partial charge in [0, 0.05) is 31.1 Å². The van der Waals surface area contributed by atoms with E-state index in [-0.39, 0.29) is 11.8 Å². The van der Waals surface area contributed by atoms with Crippen molar-refractivity contribution in [2.45, 2.75) is 33.2 Å². The van der Waals surface area contributed by atoms with Crippen molar-refractivity contribution in [3.8, 4) is 5.75 Å². The minimum Gasteiger partial charge on any atom is -0.497 e. The first kappa shape index (κ1) is 19.2. The van der Waals surface area contributed by atoms with Crippen LogP contribution in [0.1, 0.15) is 29.7 Å². The molecule has 0 radical (unpaired) electrons. The predicted molar refractivity (Wildman–Crippen MR) is 111 cm³/mol. The molecule has 1 saturated heterocycles. The molecule has 3 aromatic rings. The third-order valence-corrected chi connectivity index (χ3v) is 5.71. The van der Waals surface area contributed by atoms with Gasteiger partial charge < -0.3 is 19.4 Å². The van der Waals surface area contributed by atoms with Crippen LogP contribution in [0.3, 0.4) is 0 Å². The van der Waals surface area contributed by atoms with E-state index < -0.39 is 0 Å². The Bertz CT molecular complexity index is 1020. The fourth-order valence-corrected chi connectivity index (χ4v) is 3.87. The van der Waals surface area contributed by atoms with E-state index in [1.165, 1.54) is 0 Å². The number of methoxy groups -OCH3 is 1. The molecule has 0 bridgehead atoms. The van der Waals surface area contributed by atoms with Crippen molar-refractivity contribution in [1.29, 1.82) is 0 Å². The molecular formula is C22H26N4O3. The van der Waals surface area contributed by atoms with E-state index in [0.717, 1.165) is 59.8 Å². The monoisotopic (exact) mass is 394 g/mol. The number of hydrogen-bond acceptors (Lipinski definition) is 6. The van der Waals surface area contributed by atoms with Crippen LogP contribution in [0.15, 0.2) is 35.0 Å². The number of benzene rings is 1. The second-order valence-corrected chi connectivity index (χ2v) is 7.49. The lowest BCUT2D eigenvalue weighted by molar-refractivity contribution is -0.125. The lowest BCUT2D eigenvalue weighted by atomic mass is 9.95. The average Bonchev–Trinajstić information content (AvgIpc) is 3.06. The summed E-state index contributed by atoms with van der Waals surface area (Å²) in [5.74, 6) is 2.69. The number of aromatic nitrogens is 2. The number of fused-ring (bicyclic) bond motifs is 1. The van der Waals surface area contributed by atoms with E-state index >= 15 is 0 Å². The highest BCUT2D eigenvalue weighted by molar-refractivity contribution is 5.90. The minimum absolute atomic E-state index is 0.0152. The maximum absolute atomic E-state index is 12.6. The highest BCUT2D eigenvalue weighted by Gasteiger charge is 2.27. The molecular weight excluding hydrogens is 368 g/mol. The Morgan fingerprint density at radius 3 is 2.83 bits per heavy atom. The zero-order chi connectivity index (χ0) is 20.4. The van der Waals surface area contributed by atoms with Gasteiger partial charge in [-0.05, 0) is 44.4 Å². The van der Waals surface area contributed by atoms with Crippen LogP contribution in [0.25, 0.3) is 11.1 Å². The van der Waals surface area contributed by atoms with E-state index in [1.54, 1.807) is 13.4 Å². The predicted octanol–water partition coefficient (Wildman–Crippen LogP) is 3.38. The summed E-state index contributed by atoms with van der Waals surface area (Å²) in [6.45, 7) is 6.06. The number of nitrogens with one attached hydrogen (secondary N) is 1. The van der Waals surface area contributed by atoms with E-state index in [2.05, 4.69) is 20.2 Å². The van der Waals surface area contributed by atoms with Crippen LogP contribution >= 0.6 is 0 Å². The number of carbonyl (C=O) groups is 1. The first-order chi connectivity index (χ1) is 14.1. The molecule has 0 spiro atoms. The van der Waals surface area contributed by atoms with Crippen LogP contribution in [-0.4, -0.2) is 36.1 Å². The Labute approximate surface area is 170 Å². The SMILES string of the molecule is COc1cccc(CNC(=O)C2CCN(c3ncnc4oc(C)c(C)c34)CC2)c1. The van der Waals surface area contributed by atoms with Crippen molar-refractivity contribution in [2.75, 3.05) is 25.1 Å². The molecule has 0 atom stereocenters. The number of rotatable bonds is 5. The summed E-state index contributed by atoms with van der Waals surface area (Å²) in [4.78, 5) is 23.6. The Balaban J connectivity index is 1.37. The third kappa shape index (κ3) is 3.90. The maximum atomic E-state index is 12.6. The van der Waals surface area contributed by atoms with E-state index in [1.807, 2.05) is 38.1 Å². The molecule has 2 aromatic heterocycles. The lowest BCUT2D eigenvalue weighted by Crippen LogP contribution is -2.40. The van der Waals surface area contributed by atoms with Gasteiger partial charge in [0.05, 0.1) is 12.5 Å². The van der Waals surface area contributed by atoms with Crippen molar-refractivity contribution >= 4 is 22.8 Å². The zero-order valence-corrected chi connectivity index (χ0v) is 17.1. The summed E-state index contributed by atoms with van der Waals surface area (Å²) >= 11 is 0. The number of hydrogen-bond donors (Lipinski definition) is 1. The molecule has 7 nitrogen and oxygen atoms in total. The Morgan fingerprint density at radius 2 is 2.07 bits per heavy atom. The molecule has 1 fully saturated rings. The normalized spacial score (nSPS) is 14.9. The molecule has 3 heterocycles. The van der Waals surface area contributed by atoms with Crippen molar-refractivity contribution in [1.82, 2.24) is 15.3 Å². The van der Waals surface area contributed by atoms with Gasteiger partial charge in [-0.3, -0.25) is 4.79 Å². The molecule has 29 heavy (non-hydrogen) atoms. The van der Waals surface area contributed by atoms with E-state index in [4.69, 9.17) is 9.15 Å². The first-order valence-corrected chi connectivity index (χ1v) is 9.93. The van der Waals surface area contributed by atoms with Gasteiger partial charge in [0.15, 0.2) is 0 Å². The third-order valence-electron chi connectivity index (χ3n) is 5.71. The second kappa shape index (κ2) is 8.11. The van der Waals surface area contributed by atoms with Crippen LogP contribution in [0, 0.1) is 19.8 Å². The van der Waals surface area contributed by atoms with Crippen molar-refractivity contribution in [3.63, 3.8) is 0 Å². The second-order valence-electron chi connectivity index (χ2n) is 7.49. The van der Waals surface area contributed by atoms with E-state index in [0.29, 0.717) is 12.3 Å². The molecule has 0 aliphatic carbocycles. The van der Waals surface area contributed by atoms with Crippen LogP contribution < -0.4 is 15.0 Å². The van der Waals surface area contributed by atoms with Crippen LogP contribution in [0.2, 0.25) is 0 Å². The van der Waals surface area contributed by atoms with Gasteiger partial charge in [0.2, 0.25) is 11.6 Å². The molecule has 1 aromatic carbocycles. The summed E-state index contributed by atoms with van der Waals surface area (Å²) in [6.07, 6.45) is 3.14. The maximum Gasteiger partial charge on any atom is 0.231 e. The largest absolute Gasteiger partial charge is 0.497 e. The van der Waals surface area contributed by atoms with Gasteiger partial charge >= 0.3 is 0 Å². The quantitative estimate of drug-likeness (QED) is 0.715. The zero-order valence-electron chi connectivity index (χ0n) is 17.1. The van der Waals surface area contributed by atoms with Gasteiger partial charge in [-0.15, -0.1) is 0 Å². The van der Waals surface area contributed by atoms with Crippen LogP contribution in [-0.2, 0) is 11.3 Å². The summed E-state index contributed by atoms with van der Waals surface area (Å²) < 4.78 is 11.0. The van der Waals surface area contributed by atoms with Gasteiger partial charge in [-0.2, -0.15) is 0 Å². The first-order valence-electron chi connectivity index (χ1n) is 9.93. The molecule has 1 aliphatic heterocycles. The summed E-state index contributed by atoms with van der Waals surface area (Å²) in [7, 11) is 1.64. The smallest absolute Gasteiger partial charge is 0.231 e.